The zero-order valence-corrected chi connectivity index (χ0v) is 18.2. The molecule has 0 spiro atoms. The highest BCUT2D eigenvalue weighted by Gasteiger charge is 2.17. The molecule has 0 fully saturated rings. The fraction of sp³-hybridized carbons (Fsp3) is 0.350. The lowest BCUT2D eigenvalue weighted by molar-refractivity contribution is 0.409. The lowest BCUT2D eigenvalue weighted by Gasteiger charge is -2.14. The molecule has 1 aromatic carbocycles. The number of methoxy groups -OCH3 is 1. The number of anilines is 1. The number of sulfone groups is 2. The zero-order valence-electron chi connectivity index (χ0n) is 16.6. The Kier molecular flexibility index (Phi) is 6.00. The summed E-state index contributed by atoms with van der Waals surface area (Å²) < 4.78 is 51.8. The van der Waals surface area contributed by atoms with Gasteiger partial charge in [0.05, 0.1) is 23.5 Å². The Hall–Kier alpha value is -2.39. The summed E-state index contributed by atoms with van der Waals surface area (Å²) in [5.74, 6) is 0.532. The van der Waals surface area contributed by atoms with Gasteiger partial charge >= 0.3 is 0 Å². The number of benzene rings is 1. The maximum Gasteiger partial charge on any atom is 0.175 e. The second-order valence-corrected chi connectivity index (χ2v) is 11.4. The molecule has 156 valence electrons. The second-order valence-electron chi connectivity index (χ2n) is 7.11. The molecule has 0 saturated carbocycles. The summed E-state index contributed by atoms with van der Waals surface area (Å²) in [6.07, 6.45) is 7.55. The van der Waals surface area contributed by atoms with Gasteiger partial charge in [0.2, 0.25) is 0 Å². The number of pyridine rings is 1. The minimum absolute atomic E-state index is 0.0456. The summed E-state index contributed by atoms with van der Waals surface area (Å²) in [6, 6.07) is 6.72. The number of nitrogens with one attached hydrogen (secondary N) is 1. The highest BCUT2D eigenvalue weighted by molar-refractivity contribution is 7.91. The Balaban J connectivity index is 1.89. The number of ether oxygens (including phenoxy) is 1. The van der Waals surface area contributed by atoms with Crippen molar-refractivity contribution in [2.45, 2.75) is 17.7 Å². The molecule has 7 nitrogen and oxygen atoms in total. The molecule has 1 N–H and O–H groups in total. The summed E-state index contributed by atoms with van der Waals surface area (Å²) in [7, 11) is -4.88. The summed E-state index contributed by atoms with van der Waals surface area (Å²) in [5.41, 5.74) is 4.35. The number of rotatable bonds is 8. The normalized spacial score (nSPS) is 13.3. The molecule has 2 aromatic rings. The smallest absolute Gasteiger partial charge is 0.175 e. The van der Waals surface area contributed by atoms with E-state index in [0.29, 0.717) is 25.1 Å². The average molecular weight is 437 g/mol. The largest absolute Gasteiger partial charge is 0.496 e. The number of hydrogen-bond acceptors (Lipinski definition) is 7. The van der Waals surface area contributed by atoms with Crippen LogP contribution in [-0.4, -0.2) is 53.7 Å². The lowest BCUT2D eigenvalue weighted by atomic mass is 10.1. The van der Waals surface area contributed by atoms with Gasteiger partial charge in [-0.2, -0.15) is 0 Å². The Morgan fingerprint density at radius 2 is 1.90 bits per heavy atom. The molecule has 0 aliphatic heterocycles. The fourth-order valence-electron chi connectivity index (χ4n) is 3.20. The van der Waals surface area contributed by atoms with Crippen LogP contribution in [0.4, 0.5) is 5.69 Å². The summed E-state index contributed by atoms with van der Waals surface area (Å²) in [5, 5.41) is 3.20. The second kappa shape index (κ2) is 8.16. The number of hydrogen-bond donors (Lipinski definition) is 1. The molecule has 0 saturated heterocycles. The van der Waals surface area contributed by atoms with E-state index in [0.717, 1.165) is 34.5 Å². The van der Waals surface area contributed by atoms with Crippen LogP contribution in [0.25, 0.3) is 6.08 Å². The van der Waals surface area contributed by atoms with E-state index in [1.807, 2.05) is 18.2 Å². The summed E-state index contributed by atoms with van der Waals surface area (Å²) in [6.45, 7) is 0.314. The van der Waals surface area contributed by atoms with E-state index < -0.39 is 19.7 Å². The van der Waals surface area contributed by atoms with Crippen molar-refractivity contribution < 1.29 is 21.6 Å². The molecule has 1 heterocycles. The van der Waals surface area contributed by atoms with Crippen LogP contribution >= 0.6 is 0 Å². The van der Waals surface area contributed by atoms with Crippen molar-refractivity contribution >= 4 is 31.4 Å². The van der Waals surface area contributed by atoms with Crippen molar-refractivity contribution in [3.8, 4) is 5.75 Å². The van der Waals surface area contributed by atoms with Crippen LogP contribution in [0.5, 0.6) is 5.75 Å². The van der Waals surface area contributed by atoms with Crippen LogP contribution in [-0.2, 0) is 32.5 Å². The monoisotopic (exact) mass is 436 g/mol. The SMILES string of the molecule is COc1cc(S(C)(=O)=O)ccc1Cc1cc(NCCS(C)(=O)=O)c2c(n1)CC=C2. The summed E-state index contributed by atoms with van der Waals surface area (Å²) in [4.78, 5) is 4.92. The van der Waals surface area contributed by atoms with E-state index in [4.69, 9.17) is 9.72 Å². The van der Waals surface area contributed by atoms with Gasteiger partial charge in [-0.25, -0.2) is 16.8 Å². The third-order valence-corrected chi connectivity index (χ3v) is 6.69. The molecule has 9 heteroatoms. The highest BCUT2D eigenvalue weighted by atomic mass is 32.2. The van der Waals surface area contributed by atoms with Gasteiger partial charge in [-0.3, -0.25) is 4.98 Å². The van der Waals surface area contributed by atoms with E-state index in [-0.39, 0.29) is 10.6 Å². The molecule has 0 atom stereocenters. The maximum absolute atomic E-state index is 11.8. The van der Waals surface area contributed by atoms with E-state index in [2.05, 4.69) is 5.32 Å². The summed E-state index contributed by atoms with van der Waals surface area (Å²) >= 11 is 0. The maximum atomic E-state index is 11.8. The Labute approximate surface area is 171 Å². The topological polar surface area (TPSA) is 102 Å². The van der Waals surface area contributed by atoms with Gasteiger partial charge in [0.25, 0.3) is 0 Å². The van der Waals surface area contributed by atoms with Crippen molar-refractivity contribution in [3.63, 3.8) is 0 Å². The van der Waals surface area contributed by atoms with Crippen molar-refractivity contribution in [3.05, 3.63) is 52.9 Å². The molecule has 1 aliphatic rings. The van der Waals surface area contributed by atoms with Crippen molar-refractivity contribution in [2.75, 3.05) is 37.2 Å². The molecule has 1 aromatic heterocycles. The number of nitrogens with zero attached hydrogens (tertiary/aromatic N) is 1. The van der Waals surface area contributed by atoms with E-state index in [1.165, 1.54) is 19.4 Å². The third-order valence-electron chi connectivity index (χ3n) is 4.63. The molecule has 3 rings (SSSR count). The van der Waals surface area contributed by atoms with E-state index >= 15 is 0 Å². The van der Waals surface area contributed by atoms with Crippen LogP contribution in [0.15, 0.2) is 35.2 Å². The third kappa shape index (κ3) is 5.36. The Morgan fingerprint density at radius 3 is 2.55 bits per heavy atom. The van der Waals surface area contributed by atoms with Gasteiger partial charge in [-0.15, -0.1) is 0 Å². The molecule has 0 amide bonds. The first kappa shape index (κ1) is 21.3. The molecule has 29 heavy (non-hydrogen) atoms. The Bertz CT molecular complexity index is 1170. The first-order valence-corrected chi connectivity index (χ1v) is 13.0. The van der Waals surface area contributed by atoms with Crippen LogP contribution in [0.3, 0.4) is 0 Å². The van der Waals surface area contributed by atoms with Crippen LogP contribution in [0, 0.1) is 0 Å². The minimum atomic E-state index is -3.33. The van der Waals surface area contributed by atoms with Gasteiger partial charge < -0.3 is 10.1 Å². The first-order chi connectivity index (χ1) is 13.6. The first-order valence-electron chi connectivity index (χ1n) is 9.05. The van der Waals surface area contributed by atoms with Crippen molar-refractivity contribution in [1.29, 1.82) is 0 Å². The van der Waals surface area contributed by atoms with Crippen molar-refractivity contribution in [2.24, 2.45) is 0 Å². The quantitative estimate of drug-likeness (QED) is 0.676. The molecule has 0 unspecified atom stereocenters. The average Bonchev–Trinajstić information content (AvgIpc) is 3.08. The van der Waals surface area contributed by atoms with Crippen LogP contribution in [0.2, 0.25) is 0 Å². The number of fused-ring (bicyclic) bond motifs is 1. The lowest BCUT2D eigenvalue weighted by Crippen LogP contribution is -2.15. The molecular weight excluding hydrogens is 412 g/mol. The van der Waals surface area contributed by atoms with Crippen molar-refractivity contribution in [1.82, 2.24) is 4.98 Å². The van der Waals surface area contributed by atoms with Crippen LogP contribution < -0.4 is 10.1 Å². The predicted octanol–water partition coefficient (Wildman–Crippen LogP) is 2.11. The number of aromatic nitrogens is 1. The molecule has 0 radical (unpaired) electrons. The highest BCUT2D eigenvalue weighted by Crippen LogP contribution is 2.30. The van der Waals surface area contributed by atoms with Gasteiger partial charge in [-0.05, 0) is 18.2 Å². The number of allylic oxidation sites excluding steroid dienone is 1. The molecule has 1 aliphatic carbocycles. The Morgan fingerprint density at radius 1 is 1.14 bits per heavy atom. The van der Waals surface area contributed by atoms with Gasteiger partial charge in [0.1, 0.15) is 15.6 Å². The fourth-order valence-corrected chi connectivity index (χ4v) is 4.31. The van der Waals surface area contributed by atoms with Gasteiger partial charge in [0, 0.05) is 54.4 Å². The van der Waals surface area contributed by atoms with E-state index in [9.17, 15) is 16.8 Å². The van der Waals surface area contributed by atoms with Gasteiger partial charge in [0.15, 0.2) is 9.84 Å². The van der Waals surface area contributed by atoms with Crippen LogP contribution in [0.1, 0.15) is 22.5 Å². The zero-order chi connectivity index (χ0) is 21.2. The minimum Gasteiger partial charge on any atom is -0.496 e. The van der Waals surface area contributed by atoms with Gasteiger partial charge in [-0.1, -0.05) is 18.2 Å². The predicted molar refractivity (Wildman–Crippen MR) is 114 cm³/mol. The molecular formula is C20H24N2O5S2. The van der Waals surface area contributed by atoms with E-state index in [1.54, 1.807) is 12.1 Å². The molecule has 0 bridgehead atoms. The standard InChI is InChI=1S/C20H24N2O5S2/c1-27-20-13-16(29(3,25)26)8-7-14(20)11-15-12-19(21-9-10-28(2,23)24)17-5-4-6-18(17)22-15/h4-5,7-8,12-13H,6,9-11H2,1-3H3,(H,21,22).